The normalized spacial score (nSPS) is 13.9. The van der Waals surface area contributed by atoms with Crippen molar-refractivity contribution in [2.24, 2.45) is 5.92 Å². The molecule has 0 aromatic heterocycles. The summed E-state index contributed by atoms with van der Waals surface area (Å²) in [7, 11) is 0. The van der Waals surface area contributed by atoms with Gasteiger partial charge < -0.3 is 4.74 Å². The SMILES string of the molecule is CCCCC/C=C\C/C=C\CCCCCCCCC(CCCCCCCCCC)O/C=C/C(C)CC. The zero-order valence-corrected chi connectivity index (χ0v) is 25.3. The van der Waals surface area contributed by atoms with E-state index in [-0.39, 0.29) is 0 Å². The Hall–Kier alpha value is -0.980. The predicted octanol–water partition coefficient (Wildman–Crippen LogP) is 12.7. The minimum absolute atomic E-state index is 0.427. The predicted molar refractivity (Wildman–Crippen MR) is 165 cm³/mol. The molecule has 0 aliphatic carbocycles. The Labute approximate surface area is 228 Å². The molecule has 0 aromatic rings. The molecular formula is C35H66O. The van der Waals surface area contributed by atoms with E-state index in [1.54, 1.807) is 0 Å². The number of hydrogen-bond donors (Lipinski definition) is 0. The molecule has 36 heavy (non-hydrogen) atoms. The molecule has 1 heteroatoms. The first-order valence-corrected chi connectivity index (χ1v) is 16.4. The van der Waals surface area contributed by atoms with E-state index in [0.29, 0.717) is 12.0 Å². The third kappa shape index (κ3) is 27.6. The monoisotopic (exact) mass is 503 g/mol. The van der Waals surface area contributed by atoms with Gasteiger partial charge in [0.1, 0.15) is 0 Å². The van der Waals surface area contributed by atoms with Crippen LogP contribution in [0.1, 0.15) is 175 Å². The number of rotatable bonds is 28. The fraction of sp³-hybridized carbons (Fsp3) is 0.829. The quantitative estimate of drug-likeness (QED) is 0.0587. The molecule has 0 rings (SSSR count). The Kier molecular flexibility index (Phi) is 29.4. The summed E-state index contributed by atoms with van der Waals surface area (Å²) in [6, 6.07) is 0. The molecule has 0 aliphatic rings. The fourth-order valence-corrected chi connectivity index (χ4v) is 4.57. The maximum atomic E-state index is 6.21. The van der Waals surface area contributed by atoms with E-state index in [1.165, 1.54) is 141 Å². The van der Waals surface area contributed by atoms with Gasteiger partial charge in [-0.1, -0.05) is 135 Å². The van der Waals surface area contributed by atoms with Crippen LogP contribution < -0.4 is 0 Å². The van der Waals surface area contributed by atoms with E-state index < -0.39 is 0 Å². The van der Waals surface area contributed by atoms with Gasteiger partial charge in [0, 0.05) is 0 Å². The first-order chi connectivity index (χ1) is 17.7. The lowest BCUT2D eigenvalue weighted by Gasteiger charge is -2.17. The van der Waals surface area contributed by atoms with E-state index in [4.69, 9.17) is 4.74 Å². The second kappa shape index (κ2) is 30.2. The largest absolute Gasteiger partial charge is 0.498 e. The van der Waals surface area contributed by atoms with Crippen LogP contribution in [0.4, 0.5) is 0 Å². The van der Waals surface area contributed by atoms with Crippen molar-refractivity contribution in [2.75, 3.05) is 0 Å². The van der Waals surface area contributed by atoms with Crippen LogP contribution in [0.3, 0.4) is 0 Å². The summed E-state index contributed by atoms with van der Waals surface area (Å²) in [6.07, 6.45) is 44.8. The molecule has 0 bridgehead atoms. The smallest absolute Gasteiger partial charge is 0.0978 e. The van der Waals surface area contributed by atoms with Crippen molar-refractivity contribution in [3.05, 3.63) is 36.6 Å². The molecular weight excluding hydrogens is 436 g/mol. The molecule has 0 amide bonds. The van der Waals surface area contributed by atoms with Crippen molar-refractivity contribution in [3.63, 3.8) is 0 Å². The van der Waals surface area contributed by atoms with E-state index in [1.807, 2.05) is 6.26 Å². The summed E-state index contributed by atoms with van der Waals surface area (Å²) in [5.41, 5.74) is 0. The van der Waals surface area contributed by atoms with Crippen molar-refractivity contribution in [1.29, 1.82) is 0 Å². The van der Waals surface area contributed by atoms with Crippen molar-refractivity contribution in [1.82, 2.24) is 0 Å². The third-order valence-electron chi connectivity index (χ3n) is 7.43. The van der Waals surface area contributed by atoms with Crippen LogP contribution in [0, 0.1) is 5.92 Å². The van der Waals surface area contributed by atoms with E-state index in [9.17, 15) is 0 Å². The van der Waals surface area contributed by atoms with Crippen LogP contribution in [0.15, 0.2) is 36.6 Å². The average Bonchev–Trinajstić information content (AvgIpc) is 2.89. The van der Waals surface area contributed by atoms with Crippen LogP contribution in [0.2, 0.25) is 0 Å². The molecule has 0 heterocycles. The Bertz CT molecular complexity index is 489. The van der Waals surface area contributed by atoms with Crippen molar-refractivity contribution in [2.45, 2.75) is 181 Å². The van der Waals surface area contributed by atoms with Crippen LogP contribution in [-0.2, 0) is 4.74 Å². The maximum Gasteiger partial charge on any atom is 0.0978 e. The van der Waals surface area contributed by atoms with Crippen LogP contribution in [-0.4, -0.2) is 6.10 Å². The van der Waals surface area contributed by atoms with Crippen LogP contribution in [0.25, 0.3) is 0 Å². The molecule has 0 aliphatic heterocycles. The number of hydrogen-bond acceptors (Lipinski definition) is 1. The van der Waals surface area contributed by atoms with Gasteiger partial charge in [-0.3, -0.25) is 0 Å². The van der Waals surface area contributed by atoms with E-state index in [0.717, 1.165) is 6.42 Å². The van der Waals surface area contributed by atoms with Crippen LogP contribution >= 0.6 is 0 Å². The lowest BCUT2D eigenvalue weighted by atomic mass is 10.0. The minimum atomic E-state index is 0.427. The molecule has 0 saturated heterocycles. The van der Waals surface area contributed by atoms with Gasteiger partial charge in [0.25, 0.3) is 0 Å². The molecule has 2 unspecified atom stereocenters. The highest BCUT2D eigenvalue weighted by Gasteiger charge is 2.08. The molecule has 0 fully saturated rings. The average molecular weight is 503 g/mol. The Morgan fingerprint density at radius 1 is 0.528 bits per heavy atom. The lowest BCUT2D eigenvalue weighted by molar-refractivity contribution is 0.119. The molecule has 212 valence electrons. The van der Waals surface area contributed by atoms with Gasteiger partial charge in [-0.15, -0.1) is 0 Å². The number of allylic oxidation sites excluding steroid dienone is 5. The van der Waals surface area contributed by atoms with Gasteiger partial charge in [0.2, 0.25) is 0 Å². The van der Waals surface area contributed by atoms with Crippen molar-refractivity contribution < 1.29 is 4.74 Å². The first kappa shape index (κ1) is 35.0. The first-order valence-electron chi connectivity index (χ1n) is 16.4. The van der Waals surface area contributed by atoms with Gasteiger partial charge in [-0.05, 0) is 76.2 Å². The third-order valence-corrected chi connectivity index (χ3v) is 7.43. The summed E-state index contributed by atoms with van der Waals surface area (Å²) in [4.78, 5) is 0. The molecule has 1 nitrogen and oxygen atoms in total. The molecule has 2 atom stereocenters. The highest BCUT2D eigenvalue weighted by atomic mass is 16.5. The Morgan fingerprint density at radius 3 is 1.50 bits per heavy atom. The zero-order valence-electron chi connectivity index (χ0n) is 25.3. The molecule has 0 saturated carbocycles. The summed E-state index contributed by atoms with van der Waals surface area (Å²) in [5, 5.41) is 0. The fourth-order valence-electron chi connectivity index (χ4n) is 4.57. The highest BCUT2D eigenvalue weighted by Crippen LogP contribution is 2.18. The minimum Gasteiger partial charge on any atom is -0.498 e. The topological polar surface area (TPSA) is 9.23 Å². The molecule has 0 N–H and O–H groups in total. The number of unbranched alkanes of at least 4 members (excludes halogenated alkanes) is 16. The van der Waals surface area contributed by atoms with Gasteiger partial charge in [0.15, 0.2) is 0 Å². The van der Waals surface area contributed by atoms with E-state index >= 15 is 0 Å². The van der Waals surface area contributed by atoms with Gasteiger partial charge in [-0.25, -0.2) is 0 Å². The Balaban J connectivity index is 3.83. The standard InChI is InChI=1S/C35H66O/c1-5-8-10-12-14-16-17-18-19-20-21-22-23-25-27-29-31-35(36-33-32-34(4)7-3)30-28-26-24-15-13-11-9-6-2/h14,16,18-19,32-35H,5-13,15,17,20-31H2,1-4H3/b16-14-,19-18-,33-32+. The molecule has 0 aromatic carbocycles. The summed E-state index contributed by atoms with van der Waals surface area (Å²) in [6.45, 7) is 9.09. The lowest BCUT2D eigenvalue weighted by Crippen LogP contribution is -2.10. The van der Waals surface area contributed by atoms with Gasteiger partial charge >= 0.3 is 0 Å². The zero-order chi connectivity index (χ0) is 26.4. The van der Waals surface area contributed by atoms with Crippen molar-refractivity contribution in [3.8, 4) is 0 Å². The summed E-state index contributed by atoms with van der Waals surface area (Å²) >= 11 is 0. The summed E-state index contributed by atoms with van der Waals surface area (Å²) in [5.74, 6) is 0.621. The van der Waals surface area contributed by atoms with Crippen LogP contribution in [0.5, 0.6) is 0 Å². The van der Waals surface area contributed by atoms with Gasteiger partial charge in [0.05, 0.1) is 12.4 Å². The maximum absolute atomic E-state index is 6.21. The van der Waals surface area contributed by atoms with E-state index in [2.05, 4.69) is 58.1 Å². The molecule has 0 radical (unpaired) electrons. The Morgan fingerprint density at radius 2 is 0.972 bits per heavy atom. The molecule has 0 spiro atoms. The number of ether oxygens (including phenoxy) is 1. The highest BCUT2D eigenvalue weighted by molar-refractivity contribution is 4.92. The summed E-state index contributed by atoms with van der Waals surface area (Å²) < 4.78 is 6.21. The second-order valence-electron chi connectivity index (χ2n) is 11.1. The van der Waals surface area contributed by atoms with Crippen molar-refractivity contribution >= 4 is 0 Å². The van der Waals surface area contributed by atoms with Gasteiger partial charge in [-0.2, -0.15) is 0 Å². The second-order valence-corrected chi connectivity index (χ2v) is 11.1.